The number of nitrogens with one attached hydrogen (secondary N) is 1. The number of carbonyl (C=O) groups is 1. The molecule has 0 aliphatic carbocycles. The minimum absolute atomic E-state index is 0.0550. The standard InChI is InChI=1S/C17H28N4O2/c1-3-12-23-16-6-4-14(13-15(16)18)5-7-17(22)19-21-10-8-20(2)9-11-21/h4,6,13H,3,5,7-12,18H2,1-2H3,(H,19,22). The zero-order valence-electron chi connectivity index (χ0n) is 14.2. The number of hydrazine groups is 1. The van der Waals surface area contributed by atoms with Crippen molar-refractivity contribution in [1.29, 1.82) is 0 Å². The Morgan fingerprint density at radius 1 is 1.30 bits per heavy atom. The predicted molar refractivity (Wildman–Crippen MR) is 92.2 cm³/mol. The van der Waals surface area contributed by atoms with Crippen LogP contribution in [-0.4, -0.2) is 55.6 Å². The Morgan fingerprint density at radius 2 is 2.04 bits per heavy atom. The molecule has 0 bridgehead atoms. The van der Waals surface area contributed by atoms with Crippen LogP contribution in [0.25, 0.3) is 0 Å². The van der Waals surface area contributed by atoms with Crippen molar-refractivity contribution in [2.24, 2.45) is 0 Å². The summed E-state index contributed by atoms with van der Waals surface area (Å²) < 4.78 is 5.56. The molecule has 0 saturated carbocycles. The normalized spacial score (nSPS) is 16.3. The fourth-order valence-electron chi connectivity index (χ4n) is 2.51. The molecule has 1 saturated heterocycles. The van der Waals surface area contributed by atoms with Gasteiger partial charge in [0, 0.05) is 32.6 Å². The van der Waals surface area contributed by atoms with Crippen molar-refractivity contribution >= 4 is 11.6 Å². The fourth-order valence-corrected chi connectivity index (χ4v) is 2.51. The van der Waals surface area contributed by atoms with E-state index in [1.807, 2.05) is 23.2 Å². The lowest BCUT2D eigenvalue weighted by Crippen LogP contribution is -2.52. The molecule has 0 unspecified atom stereocenters. The van der Waals surface area contributed by atoms with E-state index in [0.717, 1.165) is 43.9 Å². The number of likely N-dealkylation sites (N-methyl/N-ethyl adjacent to an activating group) is 1. The van der Waals surface area contributed by atoms with Crippen LogP contribution >= 0.6 is 0 Å². The predicted octanol–water partition coefficient (Wildman–Crippen LogP) is 1.27. The van der Waals surface area contributed by atoms with Crippen molar-refractivity contribution in [3.05, 3.63) is 23.8 Å². The molecule has 0 atom stereocenters. The van der Waals surface area contributed by atoms with E-state index in [1.165, 1.54) is 0 Å². The highest BCUT2D eigenvalue weighted by atomic mass is 16.5. The number of benzene rings is 1. The first-order valence-electron chi connectivity index (χ1n) is 8.32. The summed E-state index contributed by atoms with van der Waals surface area (Å²) in [4.78, 5) is 14.3. The van der Waals surface area contributed by atoms with Gasteiger partial charge in [-0.2, -0.15) is 0 Å². The van der Waals surface area contributed by atoms with Gasteiger partial charge in [-0.05, 0) is 37.6 Å². The molecule has 128 valence electrons. The molecule has 0 radical (unpaired) electrons. The largest absolute Gasteiger partial charge is 0.491 e. The maximum absolute atomic E-state index is 12.0. The molecular formula is C17H28N4O2. The van der Waals surface area contributed by atoms with E-state index in [9.17, 15) is 4.79 Å². The third kappa shape index (κ3) is 5.73. The zero-order chi connectivity index (χ0) is 16.7. The van der Waals surface area contributed by atoms with Crippen molar-refractivity contribution in [1.82, 2.24) is 15.3 Å². The van der Waals surface area contributed by atoms with Crippen LogP contribution in [0.4, 0.5) is 5.69 Å². The van der Waals surface area contributed by atoms with Crippen molar-refractivity contribution in [3.63, 3.8) is 0 Å². The number of rotatable bonds is 7. The monoisotopic (exact) mass is 320 g/mol. The number of hydrogen-bond donors (Lipinski definition) is 2. The molecule has 23 heavy (non-hydrogen) atoms. The van der Waals surface area contributed by atoms with Crippen LogP contribution in [0.1, 0.15) is 25.3 Å². The van der Waals surface area contributed by atoms with E-state index in [-0.39, 0.29) is 5.91 Å². The first-order chi connectivity index (χ1) is 11.1. The van der Waals surface area contributed by atoms with Gasteiger partial charge in [0.2, 0.25) is 5.91 Å². The van der Waals surface area contributed by atoms with Gasteiger partial charge in [0.05, 0.1) is 12.3 Å². The van der Waals surface area contributed by atoms with E-state index >= 15 is 0 Å². The number of nitrogen functional groups attached to an aromatic ring is 1. The third-order valence-corrected chi connectivity index (χ3v) is 3.96. The maximum atomic E-state index is 12.0. The van der Waals surface area contributed by atoms with Gasteiger partial charge in [0.25, 0.3) is 0 Å². The quantitative estimate of drug-likeness (QED) is 0.740. The highest BCUT2D eigenvalue weighted by Crippen LogP contribution is 2.23. The summed E-state index contributed by atoms with van der Waals surface area (Å²) in [7, 11) is 2.09. The van der Waals surface area contributed by atoms with Gasteiger partial charge < -0.3 is 15.4 Å². The Balaban J connectivity index is 1.76. The zero-order valence-corrected chi connectivity index (χ0v) is 14.2. The maximum Gasteiger partial charge on any atom is 0.234 e. The van der Waals surface area contributed by atoms with Gasteiger partial charge in [-0.15, -0.1) is 0 Å². The van der Waals surface area contributed by atoms with Gasteiger partial charge >= 0.3 is 0 Å². The Labute approximate surface area is 138 Å². The van der Waals surface area contributed by atoms with E-state index in [4.69, 9.17) is 10.5 Å². The Bertz CT molecular complexity index is 513. The number of ether oxygens (including phenoxy) is 1. The number of nitrogens with two attached hydrogens (primary N) is 1. The number of anilines is 1. The molecule has 1 amide bonds. The molecule has 1 aliphatic heterocycles. The Hall–Kier alpha value is -1.79. The minimum atomic E-state index is 0.0550. The smallest absolute Gasteiger partial charge is 0.234 e. The highest BCUT2D eigenvalue weighted by molar-refractivity contribution is 5.75. The van der Waals surface area contributed by atoms with Crippen LogP contribution in [0.2, 0.25) is 0 Å². The van der Waals surface area contributed by atoms with Crippen molar-refractivity contribution in [2.45, 2.75) is 26.2 Å². The first kappa shape index (κ1) is 17.6. The molecular weight excluding hydrogens is 292 g/mol. The number of piperazine rings is 1. The fraction of sp³-hybridized carbons (Fsp3) is 0.588. The van der Waals surface area contributed by atoms with Crippen LogP contribution in [0.5, 0.6) is 5.75 Å². The van der Waals surface area contributed by atoms with Crippen LogP contribution in [-0.2, 0) is 11.2 Å². The summed E-state index contributed by atoms with van der Waals surface area (Å²) in [5, 5.41) is 2.00. The van der Waals surface area contributed by atoms with Crippen LogP contribution in [0, 0.1) is 0 Å². The van der Waals surface area contributed by atoms with Gasteiger partial charge in [0.1, 0.15) is 5.75 Å². The molecule has 2 rings (SSSR count). The molecule has 1 aromatic carbocycles. The number of carbonyl (C=O) groups excluding carboxylic acids is 1. The number of aryl methyl sites for hydroxylation is 1. The van der Waals surface area contributed by atoms with E-state index in [1.54, 1.807) is 0 Å². The summed E-state index contributed by atoms with van der Waals surface area (Å²) in [6, 6.07) is 5.76. The average Bonchev–Trinajstić information content (AvgIpc) is 2.54. The Morgan fingerprint density at radius 3 is 2.70 bits per heavy atom. The van der Waals surface area contributed by atoms with E-state index in [0.29, 0.717) is 25.1 Å². The summed E-state index contributed by atoms with van der Waals surface area (Å²) in [5.74, 6) is 0.775. The van der Waals surface area contributed by atoms with E-state index < -0.39 is 0 Å². The Kier molecular flexibility index (Phi) is 6.67. The lowest BCUT2D eigenvalue weighted by Gasteiger charge is -2.32. The topological polar surface area (TPSA) is 70.8 Å². The van der Waals surface area contributed by atoms with Crippen LogP contribution < -0.4 is 15.9 Å². The molecule has 0 spiro atoms. The second-order valence-electron chi connectivity index (χ2n) is 6.05. The molecule has 6 nitrogen and oxygen atoms in total. The first-order valence-corrected chi connectivity index (χ1v) is 8.32. The van der Waals surface area contributed by atoms with Crippen molar-refractivity contribution < 1.29 is 9.53 Å². The molecule has 3 N–H and O–H groups in total. The minimum Gasteiger partial charge on any atom is -0.491 e. The van der Waals surface area contributed by atoms with Gasteiger partial charge in [-0.1, -0.05) is 13.0 Å². The second-order valence-corrected chi connectivity index (χ2v) is 6.05. The van der Waals surface area contributed by atoms with Crippen molar-refractivity contribution in [2.75, 3.05) is 45.6 Å². The van der Waals surface area contributed by atoms with Crippen molar-refractivity contribution in [3.8, 4) is 5.75 Å². The lowest BCUT2D eigenvalue weighted by molar-refractivity contribution is -0.126. The molecule has 6 heteroatoms. The highest BCUT2D eigenvalue weighted by Gasteiger charge is 2.15. The van der Waals surface area contributed by atoms with Gasteiger partial charge in [-0.25, -0.2) is 5.01 Å². The number of amides is 1. The van der Waals surface area contributed by atoms with Crippen LogP contribution in [0.15, 0.2) is 18.2 Å². The molecule has 1 aliphatic rings. The van der Waals surface area contributed by atoms with Crippen LogP contribution in [0.3, 0.4) is 0 Å². The molecule has 1 aromatic rings. The van der Waals surface area contributed by atoms with Gasteiger partial charge in [0.15, 0.2) is 0 Å². The van der Waals surface area contributed by atoms with E-state index in [2.05, 4.69) is 24.3 Å². The average molecular weight is 320 g/mol. The lowest BCUT2D eigenvalue weighted by atomic mass is 10.1. The summed E-state index contributed by atoms with van der Waals surface area (Å²) >= 11 is 0. The summed E-state index contributed by atoms with van der Waals surface area (Å²) in [6.45, 7) is 6.43. The van der Waals surface area contributed by atoms with Gasteiger partial charge in [-0.3, -0.25) is 10.2 Å². The SMILES string of the molecule is CCCOc1ccc(CCC(=O)NN2CCN(C)CC2)cc1N. The molecule has 0 aromatic heterocycles. The summed E-state index contributed by atoms with van der Waals surface area (Å²) in [6.07, 6.45) is 2.09. The molecule has 1 fully saturated rings. The second kappa shape index (κ2) is 8.74. The third-order valence-electron chi connectivity index (χ3n) is 3.96. The number of nitrogens with zero attached hydrogens (tertiary/aromatic N) is 2. The summed E-state index contributed by atoms with van der Waals surface area (Å²) in [5.41, 5.74) is 10.7. The number of hydrogen-bond acceptors (Lipinski definition) is 5. The molecule has 1 heterocycles.